The number of oxime groups is 4. The number of carbonyl (C=O) groups excluding carboxylic acids is 15. The Hall–Kier alpha value is -10.9. The fraction of sp³-hybridized carbons (Fsp3) is 0.765. The number of hydrogen-bond acceptors (Lipinski definition) is 45. The number of ether oxygens (including phenoxy) is 4. The maximum Gasteiger partial charge on any atom is 0.265 e. The summed E-state index contributed by atoms with van der Waals surface area (Å²) in [6, 6.07) is -12.3. The van der Waals surface area contributed by atoms with E-state index in [1.165, 1.54) is 6.92 Å². The highest BCUT2D eigenvalue weighted by molar-refractivity contribution is 6.27. The number of nitrogens with one attached hydrogen (secondary N) is 13. The molecule has 0 aromatic heterocycles. The minimum absolute atomic E-state index is 0.00381. The lowest BCUT2D eigenvalue weighted by Crippen LogP contribution is -2.59. The summed E-state index contributed by atoms with van der Waals surface area (Å²) >= 11 is 0. The minimum Gasteiger partial charge on any atom is -0.394 e. The first kappa shape index (κ1) is 117. The Bertz CT molecular complexity index is 4190. The minimum atomic E-state index is -1.88. The third-order valence-electron chi connectivity index (χ3n) is 23.5. The second kappa shape index (κ2) is 60.5. The van der Waals surface area contributed by atoms with E-state index in [2.05, 4.69) is 94.6 Å². The van der Waals surface area contributed by atoms with Crippen molar-refractivity contribution in [3.05, 3.63) is 0 Å². The van der Waals surface area contributed by atoms with Gasteiger partial charge in [-0.1, -0.05) is 20.6 Å². The maximum atomic E-state index is 15.3. The van der Waals surface area contributed by atoms with Crippen LogP contribution in [0.3, 0.4) is 0 Å². The highest BCUT2D eigenvalue weighted by atomic mass is 16.8. The molecule has 7 heterocycles. The second-order valence-corrected chi connectivity index (χ2v) is 33.9. The Morgan fingerprint density at radius 3 is 0.929 bits per heavy atom. The van der Waals surface area contributed by atoms with E-state index in [9.17, 15) is 134 Å². The van der Waals surface area contributed by atoms with Crippen molar-refractivity contribution < 1.29 is 197 Å². The van der Waals surface area contributed by atoms with Crippen LogP contribution in [0, 0.1) is 0 Å². The van der Waals surface area contributed by atoms with Crippen molar-refractivity contribution in [2.75, 3.05) is 91.9 Å². The molecule has 28 atom stereocenters. The summed E-state index contributed by atoms with van der Waals surface area (Å²) in [5.74, 6) is -8.91. The van der Waals surface area contributed by atoms with E-state index < -0.39 is 306 Å². The van der Waals surface area contributed by atoms with Crippen molar-refractivity contribution in [3.63, 3.8) is 0 Å². The number of rotatable bonds is 43. The van der Waals surface area contributed by atoms with Gasteiger partial charge >= 0.3 is 0 Å². The van der Waals surface area contributed by atoms with Crippen LogP contribution in [0.15, 0.2) is 20.6 Å². The first-order valence-electron chi connectivity index (χ1n) is 46.0. The predicted molar refractivity (Wildman–Crippen MR) is 471 cm³/mol. The molecule has 0 unspecified atom stereocenters. The first-order valence-corrected chi connectivity index (χ1v) is 46.0. The van der Waals surface area contributed by atoms with Gasteiger partial charge in [-0.25, -0.2) is 5.90 Å². The van der Waals surface area contributed by atoms with E-state index in [0.717, 1.165) is 9.80 Å². The third kappa shape index (κ3) is 36.8. The zero-order valence-electron chi connectivity index (χ0n) is 77.0. The van der Waals surface area contributed by atoms with Gasteiger partial charge in [0.15, 0.2) is 0 Å². The average molecular weight is 2030 g/mol. The van der Waals surface area contributed by atoms with Crippen molar-refractivity contribution >= 4 is 113 Å². The Morgan fingerprint density at radius 2 is 0.631 bits per heavy atom. The van der Waals surface area contributed by atoms with Gasteiger partial charge in [0.2, 0.25) is 65.0 Å². The fourth-order valence-corrected chi connectivity index (χ4v) is 15.5. The van der Waals surface area contributed by atoms with E-state index in [1.807, 2.05) is 0 Å². The van der Waals surface area contributed by atoms with E-state index in [-0.39, 0.29) is 168 Å². The molecule has 15 amide bonds. The Kier molecular flexibility index (Phi) is 50.2. The van der Waals surface area contributed by atoms with Gasteiger partial charge in [-0.3, -0.25) is 76.8 Å². The summed E-state index contributed by atoms with van der Waals surface area (Å²) in [5, 5.41) is 207. The van der Waals surface area contributed by atoms with Crippen LogP contribution in [0.5, 0.6) is 0 Å². The number of nitrogens with two attached hydrogens (primary N) is 1. The number of aliphatic hydroxyl groups is 16. The molecule has 141 heavy (non-hydrogen) atoms. The molecule has 0 spiro atoms. The summed E-state index contributed by atoms with van der Waals surface area (Å²) in [7, 11) is 0. The number of aliphatic hydroxyl groups excluding tert-OH is 16. The fourth-order valence-electron chi connectivity index (χ4n) is 15.5. The average Bonchev–Trinajstić information content (AvgIpc) is 1.49. The summed E-state index contributed by atoms with van der Waals surface area (Å²) in [6.07, 6.45) is -32.6. The number of hydrogen-bond donors (Lipinski definition) is 30. The number of fused-ring (bicyclic) bond motifs is 2. The molecule has 796 valence electrons. The molecule has 60 nitrogen and oxygen atoms in total. The van der Waals surface area contributed by atoms with Crippen LogP contribution in [0.25, 0.3) is 0 Å². The molecule has 0 aromatic carbocycles. The van der Waals surface area contributed by atoms with Gasteiger partial charge in [0, 0.05) is 45.8 Å². The van der Waals surface area contributed by atoms with Crippen LogP contribution in [-0.4, -0.2) is 468 Å². The lowest BCUT2D eigenvalue weighted by Gasteiger charge is -2.38. The SMILES string of the molecule is C[C@@H]1NC(=O)[C@H](CCCCNC(=O)/C=N/O[C@H]2O[C@H](CO)[C@@H](O)[C@H](O)[C@@H]2O)NC(=O)CNC(=O)[C@@H]2CCCN2C(=O)[C@H](CCCCNC(=O)/C=N/O[C@H]2O[C@H](CO)[C@@H](O)[C@H](O)[C@@H]2O)NC(=O)[C@H](CCCCNC(=O)CON)NC(=O)[C@H](CCCCNC(=O)/C=N/O[C@H]2O[C@H](CO)[C@@H](O)[C@H](O)[C@@H]2O)NC(=O)CNC(=O)[C@@H]2CCCN2C(=O)[C@H](CCCCNC(=O)/C=N/O[C@H]2O[C@H](CO)[C@@H](O)[C@H](O)[C@@H]2O)NC1=O. The zero-order valence-corrected chi connectivity index (χ0v) is 77.0. The smallest absolute Gasteiger partial charge is 0.265 e. The maximum absolute atomic E-state index is 15.3. The van der Waals surface area contributed by atoms with Gasteiger partial charge in [-0.2, -0.15) is 0 Å². The number of nitrogens with zero attached hydrogens (tertiary/aromatic N) is 6. The molecule has 7 fully saturated rings. The Balaban J connectivity index is 1.17. The molecule has 7 rings (SSSR count). The monoisotopic (exact) mass is 2020 g/mol. The molecule has 0 radical (unpaired) electrons. The van der Waals surface area contributed by atoms with Crippen molar-refractivity contribution in [1.29, 1.82) is 0 Å². The quantitative estimate of drug-likeness (QED) is 0.0153. The summed E-state index contributed by atoms with van der Waals surface area (Å²) in [6.45, 7) is -5.24. The van der Waals surface area contributed by atoms with E-state index in [1.54, 1.807) is 0 Å². The predicted octanol–water partition coefficient (Wildman–Crippen LogP) is -17.3. The molecule has 31 N–H and O–H groups in total. The largest absolute Gasteiger partial charge is 0.394 e. The lowest BCUT2D eigenvalue weighted by atomic mass is 9.99. The standard InChI is InChI=1S/C81H132N20O40/c1-39-70(125)98-43(17-5-10-23-85-53(108)32-92-140-80-68(123)64(119)60(115)49(36-104)136-80)76(131)100-26-12-19-45(100)74(129)89-29-56(111)96-41(15-3-8-22-84-52(107)31-91-139-79-67(122)63(118)59(114)48(35-103)135-79)72(127)97-42(16-4-9-25-87-57(112)38-133-82)73(128)99-44(18-6-11-24-86-54(109)33-93-141-81-69(124)65(120)61(116)50(37-105)137-81)77(132)101-27-13-20-46(101)75(130)88-28-55(110)95-40(71(126)94-39)14-2-7-21-83-51(106)30-90-138-78-66(121)62(117)58(113)47(34-102)134-78/h30-33,39-50,58-69,78-81,102-105,113-124H,2-29,34-38,82H2,1H3,(H,83,106)(H,84,107)(H,85,108)(H,86,109)(H,87,112)(H,88,130)(H,89,129)(H,94,126)(H,95,110)(H,96,111)(H,97,127)(H,98,125)(H,99,128)/b90-30+,91-31+,92-32+,93-33+/t39-,40-,41-,42-,43-,44-,45-,46-,47+,48+,49+,50+,58+,59+,60+,61+,62-,63-,64-,65-,66-,67-,68-,69-,78+,79+,80+,81+/m0/s1. The lowest BCUT2D eigenvalue weighted by molar-refractivity contribution is -0.301. The first-order chi connectivity index (χ1) is 67.4. The van der Waals surface area contributed by atoms with Crippen molar-refractivity contribution in [2.45, 2.75) is 300 Å². The number of carbonyl (C=O) groups is 15. The van der Waals surface area contributed by atoms with E-state index in [4.69, 9.17) is 44.2 Å². The molecule has 7 saturated heterocycles. The van der Waals surface area contributed by atoms with Crippen molar-refractivity contribution in [2.24, 2.45) is 26.5 Å². The van der Waals surface area contributed by atoms with Crippen molar-refractivity contribution in [3.8, 4) is 0 Å². The van der Waals surface area contributed by atoms with Crippen LogP contribution < -0.4 is 75.0 Å². The topological polar surface area (TPSA) is 901 Å². The summed E-state index contributed by atoms with van der Waals surface area (Å²) in [5.41, 5.74) is 0. The molecule has 60 heteroatoms. The highest BCUT2D eigenvalue weighted by Gasteiger charge is 2.50. The number of amides is 15. The normalized spacial score (nSPS) is 32.3. The van der Waals surface area contributed by atoms with Crippen LogP contribution >= 0.6 is 0 Å². The van der Waals surface area contributed by atoms with Gasteiger partial charge < -0.3 is 199 Å². The molecule has 7 aliphatic rings. The molecule has 0 aliphatic carbocycles. The molecule has 7 aliphatic heterocycles. The van der Waals surface area contributed by atoms with Crippen LogP contribution in [0.4, 0.5) is 0 Å². The van der Waals surface area contributed by atoms with Crippen LogP contribution in [-0.2, 0) is 115 Å². The van der Waals surface area contributed by atoms with Gasteiger partial charge in [0.1, 0.15) is 177 Å². The highest BCUT2D eigenvalue weighted by Crippen LogP contribution is 2.29. The molecular weight excluding hydrogens is 1890 g/mol. The van der Waals surface area contributed by atoms with Crippen LogP contribution in [0.2, 0.25) is 0 Å². The van der Waals surface area contributed by atoms with Gasteiger partial charge in [-0.15, -0.1) is 0 Å². The van der Waals surface area contributed by atoms with Gasteiger partial charge in [-0.05, 0) is 129 Å². The van der Waals surface area contributed by atoms with Gasteiger partial charge in [0.25, 0.3) is 48.8 Å². The Morgan fingerprint density at radius 1 is 0.362 bits per heavy atom. The van der Waals surface area contributed by atoms with E-state index in [0.29, 0.717) is 24.9 Å². The van der Waals surface area contributed by atoms with E-state index >= 15 is 19.2 Å². The molecule has 0 saturated carbocycles. The number of unbranched alkanes of at least 4 members (excludes halogenated alkanes) is 5. The molecule has 0 aromatic rings. The van der Waals surface area contributed by atoms with Crippen LogP contribution in [0.1, 0.15) is 129 Å². The summed E-state index contributed by atoms with van der Waals surface area (Å²) < 4.78 is 20.9. The summed E-state index contributed by atoms with van der Waals surface area (Å²) in [4.78, 5) is 238. The molecular formula is C81H132N20O40. The second-order valence-electron chi connectivity index (χ2n) is 33.9. The molecule has 0 bridgehead atoms. The van der Waals surface area contributed by atoms with Crippen molar-refractivity contribution in [1.82, 2.24) is 78.9 Å². The van der Waals surface area contributed by atoms with Gasteiger partial charge in [0.05, 0.1) is 39.5 Å². The Labute approximate surface area is 804 Å². The third-order valence-corrected chi connectivity index (χ3v) is 23.5. The zero-order chi connectivity index (χ0) is 104.